The van der Waals surface area contributed by atoms with Gasteiger partial charge in [0.2, 0.25) is 0 Å². The number of aryl methyl sites for hydroxylation is 2. The lowest BCUT2D eigenvalue weighted by atomic mass is 9.99. The molecule has 2 rings (SSSR count). The van der Waals surface area contributed by atoms with Gasteiger partial charge in [-0.1, -0.05) is 36.8 Å². The first kappa shape index (κ1) is 13.7. The number of carboxylic acid groups (broad SMARTS) is 1. The summed E-state index contributed by atoms with van der Waals surface area (Å²) in [5.74, 6) is -1.36. The van der Waals surface area contributed by atoms with E-state index in [1.165, 1.54) is 11.3 Å². The molecule has 1 aromatic carbocycles. The first-order valence-corrected chi connectivity index (χ1v) is 7.20. The van der Waals surface area contributed by atoms with Gasteiger partial charge in [-0.2, -0.15) is 0 Å². The highest BCUT2D eigenvalue weighted by Gasteiger charge is 2.23. The highest BCUT2D eigenvalue weighted by atomic mass is 32.1. The van der Waals surface area contributed by atoms with Crippen molar-refractivity contribution in [2.75, 3.05) is 0 Å². The van der Waals surface area contributed by atoms with E-state index in [1.54, 1.807) is 0 Å². The summed E-state index contributed by atoms with van der Waals surface area (Å²) in [5.41, 5.74) is 3.16. The van der Waals surface area contributed by atoms with E-state index in [0.29, 0.717) is 11.4 Å². The minimum atomic E-state index is -0.807. The average Bonchev–Trinajstić information content (AvgIpc) is 2.84. The maximum Gasteiger partial charge on any atom is 0.313 e. The van der Waals surface area contributed by atoms with Gasteiger partial charge in [0.15, 0.2) is 0 Å². The minimum absolute atomic E-state index is 0.494. The summed E-state index contributed by atoms with van der Waals surface area (Å²) in [4.78, 5) is 15.9. The minimum Gasteiger partial charge on any atom is -0.481 e. The summed E-state index contributed by atoms with van der Waals surface area (Å²) in [6, 6.07) is 7.97. The van der Waals surface area contributed by atoms with Crippen LogP contribution in [0, 0.1) is 6.92 Å². The maximum absolute atomic E-state index is 11.5. The molecule has 3 nitrogen and oxygen atoms in total. The number of hydrogen-bond acceptors (Lipinski definition) is 3. The van der Waals surface area contributed by atoms with Crippen LogP contribution in [0.25, 0.3) is 0 Å². The second kappa shape index (κ2) is 5.97. The largest absolute Gasteiger partial charge is 0.481 e. The molecule has 0 spiro atoms. The van der Waals surface area contributed by atoms with Crippen molar-refractivity contribution < 1.29 is 9.90 Å². The molecule has 1 atom stereocenters. The molecular weight excluding hydrogens is 258 g/mol. The number of nitrogens with zero attached hydrogens (tertiary/aromatic N) is 1. The molecule has 1 unspecified atom stereocenters. The van der Waals surface area contributed by atoms with Gasteiger partial charge in [0.1, 0.15) is 10.9 Å². The molecule has 0 saturated heterocycles. The Hall–Kier alpha value is -1.68. The first-order valence-electron chi connectivity index (χ1n) is 6.32. The van der Waals surface area contributed by atoms with E-state index in [-0.39, 0.29) is 0 Å². The Morgan fingerprint density at radius 3 is 2.84 bits per heavy atom. The van der Waals surface area contributed by atoms with E-state index in [9.17, 15) is 9.90 Å². The molecule has 1 aromatic heterocycles. The molecule has 0 amide bonds. The fourth-order valence-electron chi connectivity index (χ4n) is 2.00. The second-order valence-corrected chi connectivity index (χ2v) is 5.50. The quantitative estimate of drug-likeness (QED) is 0.909. The van der Waals surface area contributed by atoms with Crippen LogP contribution in [-0.4, -0.2) is 16.1 Å². The molecule has 0 aliphatic rings. The van der Waals surface area contributed by atoms with Crippen LogP contribution < -0.4 is 0 Å². The number of benzene rings is 1. The second-order valence-electron chi connectivity index (χ2n) is 4.61. The van der Waals surface area contributed by atoms with E-state index in [4.69, 9.17) is 0 Å². The van der Waals surface area contributed by atoms with E-state index < -0.39 is 11.9 Å². The molecule has 2 aromatic rings. The molecular formula is C15H17NO2S. The number of rotatable bonds is 5. The third kappa shape index (κ3) is 3.41. The van der Waals surface area contributed by atoms with Crippen LogP contribution in [0.5, 0.6) is 0 Å². The Morgan fingerprint density at radius 2 is 2.26 bits per heavy atom. The van der Waals surface area contributed by atoms with Crippen molar-refractivity contribution >= 4 is 17.3 Å². The SMILES string of the molecule is CCc1csc(C(Cc2cccc(C)c2)C(=O)O)n1. The standard InChI is InChI=1S/C15H17NO2S/c1-3-12-9-19-14(16-12)13(15(17)18)8-11-6-4-5-10(2)7-11/h4-7,9,13H,3,8H2,1-2H3,(H,17,18). The van der Waals surface area contributed by atoms with Gasteiger partial charge in [0.05, 0.1) is 5.69 Å². The third-order valence-corrected chi connectivity index (χ3v) is 4.06. The number of hydrogen-bond donors (Lipinski definition) is 1. The lowest BCUT2D eigenvalue weighted by Crippen LogP contribution is -2.14. The molecule has 1 heterocycles. The summed E-state index contributed by atoms with van der Waals surface area (Å²) < 4.78 is 0. The van der Waals surface area contributed by atoms with Crippen LogP contribution >= 0.6 is 11.3 Å². The van der Waals surface area contributed by atoms with Gasteiger partial charge >= 0.3 is 5.97 Å². The predicted octanol–water partition coefficient (Wildman–Crippen LogP) is 3.42. The van der Waals surface area contributed by atoms with Crippen LogP contribution in [0.15, 0.2) is 29.6 Å². The van der Waals surface area contributed by atoms with Crippen molar-refractivity contribution in [2.24, 2.45) is 0 Å². The lowest BCUT2D eigenvalue weighted by molar-refractivity contribution is -0.138. The number of aliphatic carboxylic acids is 1. The van der Waals surface area contributed by atoms with Crippen molar-refractivity contribution in [1.29, 1.82) is 0 Å². The monoisotopic (exact) mass is 275 g/mol. The summed E-state index contributed by atoms with van der Waals surface area (Å²) >= 11 is 1.44. The zero-order valence-corrected chi connectivity index (χ0v) is 11.9. The molecule has 19 heavy (non-hydrogen) atoms. The van der Waals surface area contributed by atoms with Crippen LogP contribution in [-0.2, 0) is 17.6 Å². The fourth-order valence-corrected chi connectivity index (χ4v) is 2.99. The van der Waals surface area contributed by atoms with E-state index in [0.717, 1.165) is 23.2 Å². The average molecular weight is 275 g/mol. The maximum atomic E-state index is 11.5. The topological polar surface area (TPSA) is 50.2 Å². The number of carboxylic acids is 1. The van der Waals surface area contributed by atoms with Crippen LogP contribution in [0.1, 0.15) is 34.7 Å². The van der Waals surface area contributed by atoms with E-state index >= 15 is 0 Å². The van der Waals surface area contributed by atoms with Crippen LogP contribution in [0.4, 0.5) is 0 Å². The van der Waals surface area contributed by atoms with Gasteiger partial charge in [-0.15, -0.1) is 11.3 Å². The highest BCUT2D eigenvalue weighted by molar-refractivity contribution is 7.09. The van der Waals surface area contributed by atoms with Crippen molar-refractivity contribution in [2.45, 2.75) is 32.6 Å². The molecule has 4 heteroatoms. The Kier molecular flexibility index (Phi) is 4.32. The van der Waals surface area contributed by atoms with Crippen molar-refractivity contribution in [3.8, 4) is 0 Å². The Bertz CT molecular complexity index is 577. The molecule has 100 valence electrons. The van der Waals surface area contributed by atoms with Crippen molar-refractivity contribution in [3.63, 3.8) is 0 Å². The number of thiazole rings is 1. The van der Waals surface area contributed by atoms with Gasteiger partial charge in [0.25, 0.3) is 0 Å². The molecule has 0 radical (unpaired) electrons. The van der Waals surface area contributed by atoms with Crippen molar-refractivity contribution in [1.82, 2.24) is 4.98 Å². The Morgan fingerprint density at radius 1 is 1.47 bits per heavy atom. The Balaban J connectivity index is 2.23. The third-order valence-electron chi connectivity index (χ3n) is 3.05. The van der Waals surface area contributed by atoms with Crippen LogP contribution in [0.3, 0.4) is 0 Å². The van der Waals surface area contributed by atoms with Gasteiger partial charge in [-0.05, 0) is 25.3 Å². The zero-order valence-electron chi connectivity index (χ0n) is 11.1. The molecule has 0 fully saturated rings. The van der Waals surface area contributed by atoms with Crippen molar-refractivity contribution in [3.05, 3.63) is 51.5 Å². The number of carbonyl (C=O) groups is 1. The van der Waals surface area contributed by atoms with E-state index in [2.05, 4.69) is 4.98 Å². The van der Waals surface area contributed by atoms with Crippen LogP contribution in [0.2, 0.25) is 0 Å². The highest BCUT2D eigenvalue weighted by Crippen LogP contribution is 2.25. The molecule has 0 bridgehead atoms. The van der Waals surface area contributed by atoms with Gasteiger partial charge in [-0.25, -0.2) is 4.98 Å². The summed E-state index contributed by atoms with van der Waals surface area (Å²) in [6.45, 7) is 4.03. The normalized spacial score (nSPS) is 12.3. The number of aromatic nitrogens is 1. The smallest absolute Gasteiger partial charge is 0.313 e. The summed E-state index contributed by atoms with van der Waals surface area (Å²) in [6.07, 6.45) is 1.33. The molecule has 0 aliphatic heterocycles. The molecule has 0 saturated carbocycles. The predicted molar refractivity (Wildman–Crippen MR) is 76.8 cm³/mol. The fraction of sp³-hybridized carbons (Fsp3) is 0.333. The lowest BCUT2D eigenvalue weighted by Gasteiger charge is -2.10. The van der Waals surface area contributed by atoms with Gasteiger partial charge in [-0.3, -0.25) is 4.79 Å². The zero-order chi connectivity index (χ0) is 13.8. The summed E-state index contributed by atoms with van der Waals surface area (Å²) in [5, 5.41) is 12.1. The molecule has 0 aliphatic carbocycles. The first-order chi connectivity index (χ1) is 9.10. The van der Waals surface area contributed by atoms with Gasteiger partial charge < -0.3 is 5.11 Å². The molecule has 1 N–H and O–H groups in total. The van der Waals surface area contributed by atoms with Gasteiger partial charge in [0, 0.05) is 5.38 Å². The van der Waals surface area contributed by atoms with E-state index in [1.807, 2.05) is 43.5 Å². The summed E-state index contributed by atoms with van der Waals surface area (Å²) in [7, 11) is 0. The Labute approximate surface area is 116 Å².